The van der Waals surface area contributed by atoms with Crippen LogP contribution in [0, 0.1) is 11.8 Å². The van der Waals surface area contributed by atoms with Crippen LogP contribution in [-0.4, -0.2) is 44.8 Å². The number of aromatic nitrogens is 1. The van der Waals surface area contributed by atoms with Gasteiger partial charge in [0.25, 0.3) is 0 Å². The average Bonchev–Trinajstić information content (AvgIpc) is 3.52. The molecule has 192 valence electrons. The Morgan fingerprint density at radius 3 is 2.70 bits per heavy atom. The van der Waals surface area contributed by atoms with Crippen LogP contribution in [0.4, 0.5) is 0 Å². The van der Waals surface area contributed by atoms with Gasteiger partial charge < -0.3 is 19.9 Å². The molecule has 3 aliphatic carbocycles. The van der Waals surface area contributed by atoms with E-state index in [-0.39, 0.29) is 17.9 Å². The number of benzene rings is 2. The fraction of sp³-hybridized carbons (Fsp3) is 0.500. The highest BCUT2D eigenvalue weighted by Crippen LogP contribution is 2.69. The highest BCUT2D eigenvalue weighted by Gasteiger charge is 2.73. The fourth-order valence-electron chi connectivity index (χ4n) is 8.48. The summed E-state index contributed by atoms with van der Waals surface area (Å²) in [5.41, 5.74) is 6.82. The zero-order valence-corrected chi connectivity index (χ0v) is 21.8. The average molecular weight is 497 g/mol. The Hall–Kier alpha value is -2.76. The van der Waals surface area contributed by atoms with E-state index in [2.05, 4.69) is 60.1 Å². The Kier molecular flexibility index (Phi) is 4.46. The number of aliphatic hydroxyl groups is 1. The molecule has 2 aliphatic heterocycles. The Bertz CT molecular complexity index is 1410. The fourth-order valence-corrected chi connectivity index (χ4v) is 8.48. The summed E-state index contributed by atoms with van der Waals surface area (Å²) in [5, 5.41) is 24.0. The van der Waals surface area contributed by atoms with Gasteiger partial charge in [-0.1, -0.05) is 50.2 Å². The predicted octanol–water partition coefficient (Wildman–Crippen LogP) is 5.28. The number of rotatable bonds is 5. The molecule has 0 amide bonds. The molecule has 5 aliphatic rings. The molecule has 3 aromatic rings. The number of likely N-dealkylation sites (tertiary alicyclic amines) is 1. The van der Waals surface area contributed by atoms with E-state index in [0.29, 0.717) is 18.1 Å². The zero-order chi connectivity index (χ0) is 25.1. The lowest BCUT2D eigenvalue weighted by molar-refractivity contribution is -0.173. The summed E-state index contributed by atoms with van der Waals surface area (Å²) in [6.45, 7) is 6.57. The van der Waals surface area contributed by atoms with Gasteiger partial charge in [-0.05, 0) is 73.2 Å². The Balaban J connectivity index is 1.38. The van der Waals surface area contributed by atoms with Crippen molar-refractivity contribution in [2.45, 2.75) is 75.5 Å². The molecule has 1 spiro atoms. The van der Waals surface area contributed by atoms with Gasteiger partial charge in [0.05, 0.1) is 16.7 Å². The molecule has 8 rings (SSSR count). The first-order chi connectivity index (χ1) is 17.9. The van der Waals surface area contributed by atoms with Gasteiger partial charge >= 0.3 is 0 Å². The first-order valence-electron chi connectivity index (χ1n) is 14.2. The standard InChI is InChI=1S/C32H36N2O3/c1-18(2)14-23-26(20-6-4-3-5-7-20)22-16-32(36)25-15-21-10-11-24(35)29-27(21)31(32,30(37-29)28(22)33-23)12-13-34(25)17-19-8-9-19/h3-7,10-11,18-19,25,30,33,35-36H,8-9,12-17H2,1-2H3/t25?,30-,31?,32+/m0/s1. The molecule has 5 nitrogen and oxygen atoms in total. The van der Waals surface area contributed by atoms with Crippen LogP contribution in [0.25, 0.3) is 11.1 Å². The lowest BCUT2D eigenvalue weighted by atomic mass is 9.49. The third-order valence-electron chi connectivity index (χ3n) is 10.1. The van der Waals surface area contributed by atoms with Crippen molar-refractivity contribution in [1.29, 1.82) is 0 Å². The smallest absolute Gasteiger partial charge is 0.166 e. The van der Waals surface area contributed by atoms with Crippen molar-refractivity contribution < 1.29 is 14.9 Å². The normalized spacial score (nSPS) is 31.2. The molecular formula is C32H36N2O3. The van der Waals surface area contributed by atoms with Crippen LogP contribution in [0.15, 0.2) is 42.5 Å². The summed E-state index contributed by atoms with van der Waals surface area (Å²) in [5.74, 6) is 2.07. The summed E-state index contributed by atoms with van der Waals surface area (Å²) in [6, 6.07) is 14.6. The first-order valence-corrected chi connectivity index (χ1v) is 14.2. The molecule has 2 unspecified atom stereocenters. The third kappa shape index (κ3) is 2.82. The zero-order valence-electron chi connectivity index (χ0n) is 21.8. The van der Waals surface area contributed by atoms with E-state index in [4.69, 9.17) is 4.74 Å². The number of nitrogens with zero attached hydrogens (tertiary/aromatic N) is 1. The van der Waals surface area contributed by atoms with Crippen LogP contribution < -0.4 is 4.74 Å². The van der Waals surface area contributed by atoms with Crippen molar-refractivity contribution in [3.05, 3.63) is 70.5 Å². The number of phenolic OH excluding ortho intramolecular Hbond substituents is 1. The van der Waals surface area contributed by atoms with Crippen molar-refractivity contribution in [2.24, 2.45) is 11.8 Å². The van der Waals surface area contributed by atoms with Gasteiger partial charge in [-0.2, -0.15) is 0 Å². The van der Waals surface area contributed by atoms with Crippen LogP contribution in [0.2, 0.25) is 0 Å². The Labute approximate surface area is 218 Å². The second-order valence-electron chi connectivity index (χ2n) is 12.8. The lowest BCUT2D eigenvalue weighted by Gasteiger charge is -2.62. The minimum Gasteiger partial charge on any atom is -0.504 e. The van der Waals surface area contributed by atoms with E-state index >= 15 is 0 Å². The van der Waals surface area contributed by atoms with Gasteiger partial charge in [0.1, 0.15) is 0 Å². The molecular weight excluding hydrogens is 460 g/mol. The van der Waals surface area contributed by atoms with Gasteiger partial charge in [0.15, 0.2) is 17.6 Å². The molecule has 3 N–H and O–H groups in total. The second-order valence-corrected chi connectivity index (χ2v) is 12.8. The van der Waals surface area contributed by atoms with E-state index < -0.39 is 11.0 Å². The minimum atomic E-state index is -0.954. The van der Waals surface area contributed by atoms with Gasteiger partial charge in [0, 0.05) is 35.8 Å². The minimum absolute atomic E-state index is 0.0520. The second kappa shape index (κ2) is 7.42. The summed E-state index contributed by atoms with van der Waals surface area (Å²) >= 11 is 0. The number of piperidine rings is 1. The molecule has 37 heavy (non-hydrogen) atoms. The number of nitrogens with one attached hydrogen (secondary N) is 1. The number of H-pyrrole nitrogens is 1. The summed E-state index contributed by atoms with van der Waals surface area (Å²) in [6.07, 6.45) is 5.51. The van der Waals surface area contributed by atoms with Gasteiger partial charge in [0.2, 0.25) is 0 Å². The molecule has 2 aromatic carbocycles. The first kappa shape index (κ1) is 22.2. The summed E-state index contributed by atoms with van der Waals surface area (Å²) in [7, 11) is 0. The highest BCUT2D eigenvalue weighted by molar-refractivity contribution is 5.75. The number of fused-ring (bicyclic) bond motifs is 2. The van der Waals surface area contributed by atoms with Crippen LogP contribution in [0.3, 0.4) is 0 Å². The molecule has 2 fully saturated rings. The molecule has 3 heterocycles. The van der Waals surface area contributed by atoms with Crippen molar-refractivity contribution in [3.63, 3.8) is 0 Å². The molecule has 1 saturated heterocycles. The summed E-state index contributed by atoms with van der Waals surface area (Å²) < 4.78 is 6.78. The Morgan fingerprint density at radius 1 is 1.14 bits per heavy atom. The van der Waals surface area contributed by atoms with Crippen molar-refractivity contribution in [2.75, 3.05) is 13.1 Å². The van der Waals surface area contributed by atoms with E-state index in [1.165, 1.54) is 40.8 Å². The van der Waals surface area contributed by atoms with Crippen LogP contribution >= 0.6 is 0 Å². The number of aromatic amines is 1. The maximum absolute atomic E-state index is 13.1. The number of hydrogen-bond acceptors (Lipinski definition) is 4. The number of aromatic hydroxyl groups is 1. The quantitative estimate of drug-likeness (QED) is 0.449. The van der Waals surface area contributed by atoms with Crippen molar-refractivity contribution in [3.8, 4) is 22.6 Å². The van der Waals surface area contributed by atoms with Crippen LogP contribution in [-0.2, 0) is 24.7 Å². The SMILES string of the molecule is CC(C)Cc1[nH]c2c(c1-c1ccccc1)C[C@@]1(O)C3Cc4ccc(O)c5c4C1(CCN3CC1CC1)[C@H]2O5. The molecule has 4 atom stereocenters. The van der Waals surface area contributed by atoms with Crippen LogP contribution in [0.1, 0.15) is 67.3 Å². The largest absolute Gasteiger partial charge is 0.504 e. The molecule has 0 radical (unpaired) electrons. The summed E-state index contributed by atoms with van der Waals surface area (Å²) in [4.78, 5) is 6.46. The van der Waals surface area contributed by atoms with Crippen molar-refractivity contribution >= 4 is 0 Å². The third-order valence-corrected chi connectivity index (χ3v) is 10.1. The topological polar surface area (TPSA) is 68.7 Å². The number of ether oxygens (including phenoxy) is 1. The molecule has 2 bridgehead atoms. The monoisotopic (exact) mass is 496 g/mol. The number of phenols is 1. The maximum Gasteiger partial charge on any atom is 0.166 e. The van der Waals surface area contributed by atoms with Gasteiger partial charge in [-0.25, -0.2) is 0 Å². The molecule has 5 heteroatoms. The number of hydrogen-bond donors (Lipinski definition) is 3. The molecule has 1 saturated carbocycles. The molecule has 1 aromatic heterocycles. The van der Waals surface area contributed by atoms with E-state index in [1.54, 1.807) is 6.07 Å². The Morgan fingerprint density at radius 2 is 1.95 bits per heavy atom. The lowest BCUT2D eigenvalue weighted by Crippen LogP contribution is -2.74. The van der Waals surface area contributed by atoms with Crippen molar-refractivity contribution in [1.82, 2.24) is 9.88 Å². The van der Waals surface area contributed by atoms with E-state index in [1.807, 2.05) is 0 Å². The van der Waals surface area contributed by atoms with Crippen LogP contribution in [0.5, 0.6) is 11.5 Å². The van der Waals surface area contributed by atoms with Gasteiger partial charge in [-0.3, -0.25) is 4.90 Å². The van der Waals surface area contributed by atoms with E-state index in [9.17, 15) is 10.2 Å². The predicted molar refractivity (Wildman–Crippen MR) is 143 cm³/mol. The van der Waals surface area contributed by atoms with E-state index in [0.717, 1.165) is 49.5 Å². The van der Waals surface area contributed by atoms with Gasteiger partial charge in [-0.15, -0.1) is 0 Å². The maximum atomic E-state index is 13.1. The highest BCUT2D eigenvalue weighted by atomic mass is 16.5.